The average Bonchev–Trinajstić information content (AvgIpc) is 2.79. The van der Waals surface area contributed by atoms with Crippen LogP contribution in [0.15, 0.2) is 0 Å². The summed E-state index contributed by atoms with van der Waals surface area (Å²) in [5, 5.41) is 10.2. The normalized spacial score (nSPS) is 31.9. The SMILES string of the molecule is CCN(CC1CCCCCC1O)C1CCCC1. The van der Waals surface area contributed by atoms with Crippen molar-refractivity contribution in [2.45, 2.75) is 76.9 Å². The van der Waals surface area contributed by atoms with E-state index in [-0.39, 0.29) is 6.10 Å². The van der Waals surface area contributed by atoms with Gasteiger partial charge in [0.2, 0.25) is 0 Å². The van der Waals surface area contributed by atoms with Crippen LogP contribution in [0.4, 0.5) is 0 Å². The molecule has 0 amide bonds. The van der Waals surface area contributed by atoms with Crippen molar-refractivity contribution in [2.24, 2.45) is 5.92 Å². The Bertz CT molecular complexity index is 213. The standard InChI is InChI=1S/C15H29NO/c1-2-16(14-9-6-7-10-14)12-13-8-4-3-5-11-15(13)17/h13-15,17H,2-12H2,1H3. The molecule has 2 saturated carbocycles. The molecule has 0 radical (unpaired) electrons. The fourth-order valence-electron chi connectivity index (χ4n) is 3.68. The predicted molar refractivity (Wildman–Crippen MR) is 72.1 cm³/mol. The maximum atomic E-state index is 10.2. The molecule has 1 N–H and O–H groups in total. The maximum absolute atomic E-state index is 10.2. The van der Waals surface area contributed by atoms with Crippen LogP contribution in [0.3, 0.4) is 0 Å². The Morgan fingerprint density at radius 3 is 2.29 bits per heavy atom. The second-order valence-electron chi connectivity index (χ2n) is 5.99. The van der Waals surface area contributed by atoms with Crippen molar-refractivity contribution in [3.8, 4) is 0 Å². The van der Waals surface area contributed by atoms with Crippen molar-refractivity contribution in [3.63, 3.8) is 0 Å². The number of nitrogens with zero attached hydrogens (tertiary/aromatic N) is 1. The molecule has 0 saturated heterocycles. The van der Waals surface area contributed by atoms with Crippen LogP contribution in [-0.2, 0) is 0 Å². The molecule has 2 heteroatoms. The zero-order valence-electron chi connectivity index (χ0n) is 11.4. The first-order valence-corrected chi connectivity index (χ1v) is 7.73. The van der Waals surface area contributed by atoms with Gasteiger partial charge in [0.15, 0.2) is 0 Å². The second-order valence-corrected chi connectivity index (χ2v) is 5.99. The van der Waals surface area contributed by atoms with Crippen LogP contribution < -0.4 is 0 Å². The zero-order chi connectivity index (χ0) is 12.1. The molecule has 0 aromatic heterocycles. The van der Waals surface area contributed by atoms with Gasteiger partial charge in [-0.25, -0.2) is 0 Å². The van der Waals surface area contributed by atoms with Gasteiger partial charge in [0, 0.05) is 12.6 Å². The third-order valence-electron chi connectivity index (χ3n) is 4.84. The van der Waals surface area contributed by atoms with Crippen LogP contribution in [0.1, 0.15) is 64.7 Å². The highest BCUT2D eigenvalue weighted by atomic mass is 16.3. The topological polar surface area (TPSA) is 23.5 Å². The van der Waals surface area contributed by atoms with Gasteiger partial charge in [-0.05, 0) is 38.1 Å². The van der Waals surface area contributed by atoms with E-state index in [1.54, 1.807) is 0 Å². The number of hydrogen-bond donors (Lipinski definition) is 1. The smallest absolute Gasteiger partial charge is 0.0580 e. The van der Waals surface area contributed by atoms with Gasteiger partial charge in [-0.3, -0.25) is 0 Å². The molecule has 0 spiro atoms. The highest BCUT2D eigenvalue weighted by Crippen LogP contribution is 2.28. The van der Waals surface area contributed by atoms with Crippen molar-refractivity contribution < 1.29 is 5.11 Å². The Balaban J connectivity index is 1.87. The quantitative estimate of drug-likeness (QED) is 0.762. The Kier molecular flexibility index (Phi) is 5.30. The molecule has 2 fully saturated rings. The molecular weight excluding hydrogens is 210 g/mol. The van der Waals surface area contributed by atoms with Crippen molar-refractivity contribution in [2.75, 3.05) is 13.1 Å². The minimum absolute atomic E-state index is 0.0343. The summed E-state index contributed by atoms with van der Waals surface area (Å²) in [5.74, 6) is 0.540. The molecule has 2 atom stereocenters. The van der Waals surface area contributed by atoms with Crippen molar-refractivity contribution in [1.29, 1.82) is 0 Å². The van der Waals surface area contributed by atoms with Crippen molar-refractivity contribution in [1.82, 2.24) is 4.90 Å². The van der Waals surface area contributed by atoms with Crippen LogP contribution in [0.5, 0.6) is 0 Å². The molecule has 2 unspecified atom stereocenters. The summed E-state index contributed by atoms with van der Waals surface area (Å²) in [6, 6.07) is 0.815. The lowest BCUT2D eigenvalue weighted by molar-refractivity contribution is 0.0627. The molecule has 100 valence electrons. The Hall–Kier alpha value is -0.0800. The van der Waals surface area contributed by atoms with Crippen LogP contribution in [0.25, 0.3) is 0 Å². The minimum atomic E-state index is -0.0343. The Labute approximate surface area is 106 Å². The van der Waals surface area contributed by atoms with Gasteiger partial charge in [0.1, 0.15) is 0 Å². The molecule has 17 heavy (non-hydrogen) atoms. The Morgan fingerprint density at radius 1 is 0.941 bits per heavy atom. The lowest BCUT2D eigenvalue weighted by Crippen LogP contribution is -2.40. The van der Waals surface area contributed by atoms with E-state index in [1.807, 2.05) is 0 Å². The summed E-state index contributed by atoms with van der Waals surface area (Å²) in [6.07, 6.45) is 11.7. The van der Waals surface area contributed by atoms with Gasteiger partial charge in [0.25, 0.3) is 0 Å². The second kappa shape index (κ2) is 6.75. The van der Waals surface area contributed by atoms with Crippen LogP contribution in [-0.4, -0.2) is 35.2 Å². The van der Waals surface area contributed by atoms with E-state index in [1.165, 1.54) is 51.4 Å². The Morgan fingerprint density at radius 2 is 1.59 bits per heavy atom. The first kappa shape index (κ1) is 13.4. The summed E-state index contributed by atoms with van der Waals surface area (Å²) in [6.45, 7) is 4.58. The zero-order valence-corrected chi connectivity index (χ0v) is 11.4. The fraction of sp³-hybridized carbons (Fsp3) is 1.00. The first-order chi connectivity index (χ1) is 8.31. The van der Waals surface area contributed by atoms with E-state index < -0.39 is 0 Å². The third-order valence-corrected chi connectivity index (χ3v) is 4.84. The van der Waals surface area contributed by atoms with Gasteiger partial charge in [-0.1, -0.05) is 39.0 Å². The molecule has 0 aromatic carbocycles. The number of aliphatic hydroxyl groups is 1. The van der Waals surface area contributed by atoms with E-state index in [4.69, 9.17) is 0 Å². The molecule has 2 rings (SSSR count). The van der Waals surface area contributed by atoms with Gasteiger partial charge in [0.05, 0.1) is 6.10 Å². The van der Waals surface area contributed by atoms with Crippen LogP contribution >= 0.6 is 0 Å². The number of hydrogen-bond acceptors (Lipinski definition) is 2. The van der Waals surface area contributed by atoms with Crippen LogP contribution in [0.2, 0.25) is 0 Å². The fourth-order valence-corrected chi connectivity index (χ4v) is 3.68. The molecule has 0 aliphatic heterocycles. The molecule has 2 nitrogen and oxygen atoms in total. The lowest BCUT2D eigenvalue weighted by Gasteiger charge is -2.32. The van der Waals surface area contributed by atoms with Gasteiger partial charge in [-0.2, -0.15) is 0 Å². The third kappa shape index (κ3) is 3.69. The maximum Gasteiger partial charge on any atom is 0.0580 e. The van der Waals surface area contributed by atoms with E-state index in [2.05, 4.69) is 11.8 Å². The van der Waals surface area contributed by atoms with E-state index in [0.717, 1.165) is 25.6 Å². The number of rotatable bonds is 4. The van der Waals surface area contributed by atoms with Gasteiger partial charge < -0.3 is 10.0 Å². The van der Waals surface area contributed by atoms with Crippen molar-refractivity contribution in [3.05, 3.63) is 0 Å². The molecule has 0 aromatic rings. The largest absolute Gasteiger partial charge is 0.393 e. The van der Waals surface area contributed by atoms with Crippen molar-refractivity contribution >= 4 is 0 Å². The van der Waals surface area contributed by atoms with E-state index in [0.29, 0.717) is 5.92 Å². The summed E-state index contributed by atoms with van der Waals surface area (Å²) in [7, 11) is 0. The molecule has 2 aliphatic rings. The first-order valence-electron chi connectivity index (χ1n) is 7.73. The summed E-state index contributed by atoms with van der Waals surface area (Å²) < 4.78 is 0. The van der Waals surface area contributed by atoms with E-state index >= 15 is 0 Å². The van der Waals surface area contributed by atoms with Gasteiger partial charge >= 0.3 is 0 Å². The predicted octanol–water partition coefficient (Wildman–Crippen LogP) is 3.19. The minimum Gasteiger partial charge on any atom is -0.393 e. The van der Waals surface area contributed by atoms with E-state index in [9.17, 15) is 5.11 Å². The van der Waals surface area contributed by atoms with Crippen LogP contribution in [0, 0.1) is 5.92 Å². The summed E-state index contributed by atoms with van der Waals surface area (Å²) in [5.41, 5.74) is 0. The number of aliphatic hydroxyl groups excluding tert-OH is 1. The highest BCUT2D eigenvalue weighted by Gasteiger charge is 2.27. The lowest BCUT2D eigenvalue weighted by atomic mass is 9.96. The summed E-state index contributed by atoms with van der Waals surface area (Å²) >= 11 is 0. The molecular formula is C15H29NO. The monoisotopic (exact) mass is 239 g/mol. The molecule has 0 bridgehead atoms. The molecule has 2 aliphatic carbocycles. The molecule has 0 heterocycles. The van der Waals surface area contributed by atoms with Gasteiger partial charge in [-0.15, -0.1) is 0 Å². The highest BCUT2D eigenvalue weighted by molar-refractivity contribution is 4.82. The summed E-state index contributed by atoms with van der Waals surface area (Å²) in [4.78, 5) is 2.65. The average molecular weight is 239 g/mol.